The number of para-hydroxylation sites is 1. The van der Waals surface area contributed by atoms with Crippen molar-refractivity contribution in [2.24, 2.45) is 5.92 Å². The average Bonchev–Trinajstić information content (AvgIpc) is 3.25. The van der Waals surface area contributed by atoms with Crippen molar-refractivity contribution in [3.05, 3.63) is 28.3 Å². The van der Waals surface area contributed by atoms with Gasteiger partial charge in [0.1, 0.15) is 11.4 Å². The van der Waals surface area contributed by atoms with Crippen LogP contribution in [0.4, 0.5) is 17.1 Å². The second kappa shape index (κ2) is 7.12. The van der Waals surface area contributed by atoms with Crippen molar-refractivity contribution in [3.63, 3.8) is 0 Å². The molecule has 1 aromatic rings. The highest BCUT2D eigenvalue weighted by atomic mass is 16.6. The van der Waals surface area contributed by atoms with E-state index in [4.69, 9.17) is 0 Å². The fraction of sp³-hybridized carbons (Fsp3) is 0.600. The molecule has 0 aromatic heterocycles. The van der Waals surface area contributed by atoms with Crippen LogP contribution in [0.3, 0.4) is 0 Å². The summed E-state index contributed by atoms with van der Waals surface area (Å²) in [4.78, 5) is 11.0. The lowest BCUT2D eigenvalue weighted by atomic mass is 10.2. The first kappa shape index (κ1) is 14.6. The monoisotopic (exact) mass is 277 g/mol. The molecule has 0 saturated heterocycles. The second-order valence-electron chi connectivity index (χ2n) is 5.40. The number of nitro benzene ring substituents is 1. The molecule has 20 heavy (non-hydrogen) atoms. The Labute approximate surface area is 119 Å². The number of rotatable bonds is 9. The van der Waals surface area contributed by atoms with Gasteiger partial charge in [0.25, 0.3) is 0 Å². The van der Waals surface area contributed by atoms with E-state index in [0.29, 0.717) is 11.4 Å². The van der Waals surface area contributed by atoms with Crippen molar-refractivity contribution < 1.29 is 4.92 Å². The molecule has 0 spiro atoms. The molecule has 1 aromatic carbocycles. The first-order valence-corrected chi connectivity index (χ1v) is 7.47. The normalized spacial score (nSPS) is 14.1. The topological polar surface area (TPSA) is 67.2 Å². The van der Waals surface area contributed by atoms with Crippen LogP contribution >= 0.6 is 0 Å². The van der Waals surface area contributed by atoms with E-state index in [1.54, 1.807) is 12.1 Å². The zero-order chi connectivity index (χ0) is 14.4. The Bertz CT molecular complexity index is 458. The summed E-state index contributed by atoms with van der Waals surface area (Å²) in [5.74, 6) is 0.907. The van der Waals surface area contributed by atoms with E-state index in [1.165, 1.54) is 19.3 Å². The van der Waals surface area contributed by atoms with Crippen molar-refractivity contribution in [2.45, 2.75) is 39.0 Å². The van der Waals surface area contributed by atoms with Gasteiger partial charge in [0, 0.05) is 13.1 Å². The highest BCUT2D eigenvalue weighted by Gasteiger charge is 2.21. The largest absolute Gasteiger partial charge is 0.379 e. The molecule has 1 aliphatic carbocycles. The maximum absolute atomic E-state index is 11.3. The first-order valence-electron chi connectivity index (χ1n) is 7.47. The zero-order valence-electron chi connectivity index (χ0n) is 12.0. The van der Waals surface area contributed by atoms with Crippen molar-refractivity contribution >= 4 is 17.1 Å². The van der Waals surface area contributed by atoms with Crippen LogP contribution in [-0.2, 0) is 0 Å². The highest BCUT2D eigenvalue weighted by Crippen LogP contribution is 2.34. The molecule has 1 aliphatic rings. The summed E-state index contributed by atoms with van der Waals surface area (Å²) in [5.41, 5.74) is 1.38. The number of benzene rings is 1. The highest BCUT2D eigenvalue weighted by molar-refractivity contribution is 5.76. The number of anilines is 2. The van der Waals surface area contributed by atoms with E-state index in [-0.39, 0.29) is 10.6 Å². The summed E-state index contributed by atoms with van der Waals surface area (Å²) in [7, 11) is 0. The summed E-state index contributed by atoms with van der Waals surface area (Å²) in [6.07, 6.45) is 5.96. The molecule has 2 N–H and O–H groups in total. The molecule has 0 aliphatic heterocycles. The number of nitro groups is 1. The second-order valence-corrected chi connectivity index (χ2v) is 5.40. The fourth-order valence-electron chi connectivity index (χ4n) is 2.31. The van der Waals surface area contributed by atoms with Gasteiger partial charge in [-0.3, -0.25) is 10.1 Å². The molecule has 5 nitrogen and oxygen atoms in total. The van der Waals surface area contributed by atoms with Crippen molar-refractivity contribution in [1.82, 2.24) is 0 Å². The average molecular weight is 277 g/mol. The molecule has 1 fully saturated rings. The molecule has 0 bridgehead atoms. The summed E-state index contributed by atoms with van der Waals surface area (Å²) < 4.78 is 0. The summed E-state index contributed by atoms with van der Waals surface area (Å²) >= 11 is 0. The van der Waals surface area contributed by atoms with E-state index in [9.17, 15) is 10.1 Å². The number of nitrogens with one attached hydrogen (secondary N) is 2. The van der Waals surface area contributed by atoms with Gasteiger partial charge in [-0.25, -0.2) is 0 Å². The molecule has 0 unspecified atom stereocenters. The molecule has 0 atom stereocenters. The van der Waals surface area contributed by atoms with Crippen LogP contribution in [0.1, 0.15) is 39.0 Å². The molecule has 1 saturated carbocycles. The number of hydrogen-bond acceptors (Lipinski definition) is 4. The summed E-state index contributed by atoms with van der Waals surface area (Å²) in [6, 6.07) is 5.41. The predicted molar refractivity (Wildman–Crippen MR) is 82.3 cm³/mol. The minimum atomic E-state index is -0.304. The van der Waals surface area contributed by atoms with Gasteiger partial charge in [0.15, 0.2) is 0 Å². The van der Waals surface area contributed by atoms with Gasteiger partial charge in [-0.05, 0) is 37.3 Å². The van der Waals surface area contributed by atoms with Gasteiger partial charge >= 0.3 is 5.69 Å². The maximum atomic E-state index is 11.3. The van der Waals surface area contributed by atoms with Crippen molar-refractivity contribution in [2.75, 3.05) is 23.7 Å². The number of hydrogen-bond donors (Lipinski definition) is 2. The lowest BCUT2D eigenvalue weighted by Gasteiger charge is -2.11. The first-order chi connectivity index (χ1) is 9.72. The quantitative estimate of drug-likeness (QED) is 0.406. The minimum absolute atomic E-state index is 0.160. The molecular formula is C15H23N3O2. The van der Waals surface area contributed by atoms with E-state index in [1.807, 2.05) is 13.0 Å². The van der Waals surface area contributed by atoms with E-state index < -0.39 is 0 Å². The third-order valence-electron chi connectivity index (χ3n) is 3.59. The van der Waals surface area contributed by atoms with Crippen LogP contribution in [0, 0.1) is 16.0 Å². The molecule has 0 amide bonds. The van der Waals surface area contributed by atoms with Crippen LogP contribution in [0.2, 0.25) is 0 Å². The molecule has 110 valence electrons. The Morgan fingerprint density at radius 1 is 1.25 bits per heavy atom. The summed E-state index contributed by atoms with van der Waals surface area (Å²) in [5, 5.41) is 17.6. The van der Waals surface area contributed by atoms with Crippen LogP contribution in [0.25, 0.3) is 0 Å². The molecule has 2 rings (SSSR count). The van der Waals surface area contributed by atoms with Crippen molar-refractivity contribution in [3.8, 4) is 0 Å². The molecular weight excluding hydrogens is 254 g/mol. The smallest absolute Gasteiger partial charge is 0.315 e. The molecule has 0 heterocycles. The Morgan fingerprint density at radius 3 is 2.45 bits per heavy atom. The zero-order valence-corrected chi connectivity index (χ0v) is 12.0. The lowest BCUT2D eigenvalue weighted by Crippen LogP contribution is -2.08. The van der Waals surface area contributed by atoms with Gasteiger partial charge < -0.3 is 10.6 Å². The Morgan fingerprint density at radius 2 is 1.90 bits per heavy atom. The Kier molecular flexibility index (Phi) is 5.21. The maximum Gasteiger partial charge on any atom is 0.315 e. The van der Waals surface area contributed by atoms with E-state index >= 15 is 0 Å². The van der Waals surface area contributed by atoms with Crippen LogP contribution < -0.4 is 10.6 Å². The van der Waals surface area contributed by atoms with Gasteiger partial charge in [-0.15, -0.1) is 0 Å². The summed E-state index contributed by atoms with van der Waals surface area (Å²) in [6.45, 7) is 3.58. The third-order valence-corrected chi connectivity index (χ3v) is 3.59. The standard InChI is InChI=1S/C15H23N3O2/c1-2-10-16-13-6-3-7-14(15(13)18(19)20)17-11-4-5-12-8-9-12/h3,6-7,12,16-17H,2,4-5,8-11H2,1H3. The van der Waals surface area contributed by atoms with Crippen LogP contribution in [0.5, 0.6) is 0 Å². The van der Waals surface area contributed by atoms with Crippen molar-refractivity contribution in [1.29, 1.82) is 0 Å². The van der Waals surface area contributed by atoms with E-state index in [0.717, 1.165) is 31.8 Å². The van der Waals surface area contributed by atoms with Gasteiger partial charge in [0.05, 0.1) is 4.92 Å². The van der Waals surface area contributed by atoms with Gasteiger partial charge in [-0.2, -0.15) is 0 Å². The molecule has 0 radical (unpaired) electrons. The SMILES string of the molecule is CCCNc1cccc(NCCCC2CC2)c1[N+](=O)[O-]. The van der Waals surface area contributed by atoms with Gasteiger partial charge in [0.2, 0.25) is 0 Å². The molecule has 5 heteroatoms. The predicted octanol–water partition coefficient (Wildman–Crippen LogP) is 4.02. The van der Waals surface area contributed by atoms with E-state index in [2.05, 4.69) is 10.6 Å². The lowest BCUT2D eigenvalue weighted by molar-refractivity contribution is -0.383. The fourth-order valence-corrected chi connectivity index (χ4v) is 2.31. The van der Waals surface area contributed by atoms with Crippen LogP contribution in [0.15, 0.2) is 18.2 Å². The Balaban J connectivity index is 1.99. The third kappa shape index (κ3) is 4.11. The number of nitrogens with zero attached hydrogens (tertiary/aromatic N) is 1. The van der Waals surface area contributed by atoms with Crippen LogP contribution in [-0.4, -0.2) is 18.0 Å². The van der Waals surface area contributed by atoms with Gasteiger partial charge in [-0.1, -0.05) is 25.8 Å². The minimum Gasteiger partial charge on any atom is -0.379 e. The Hall–Kier alpha value is -1.78.